The molecule has 0 unspecified atom stereocenters. The SMILES string of the molecule is C#CC(C)(C)NC(=O)c1ccc(Br)cc1C(F)(F)F. The molecule has 0 fully saturated rings. The molecular weight excluding hydrogens is 323 g/mol. The lowest BCUT2D eigenvalue weighted by Gasteiger charge is -2.21. The van der Waals surface area contributed by atoms with Gasteiger partial charge in [-0.1, -0.05) is 21.9 Å². The van der Waals surface area contributed by atoms with Crippen LogP contribution in [-0.4, -0.2) is 11.4 Å². The summed E-state index contributed by atoms with van der Waals surface area (Å²) in [6.45, 7) is 3.05. The topological polar surface area (TPSA) is 29.1 Å². The highest BCUT2D eigenvalue weighted by molar-refractivity contribution is 9.10. The summed E-state index contributed by atoms with van der Waals surface area (Å²) in [6.07, 6.45) is 0.572. The van der Waals surface area contributed by atoms with Gasteiger partial charge in [0.15, 0.2) is 0 Å². The number of carbonyl (C=O) groups excluding carboxylic acids is 1. The molecule has 6 heteroatoms. The largest absolute Gasteiger partial charge is 0.417 e. The van der Waals surface area contributed by atoms with Crippen molar-refractivity contribution in [2.45, 2.75) is 25.6 Å². The van der Waals surface area contributed by atoms with Gasteiger partial charge in [-0.2, -0.15) is 13.2 Å². The summed E-state index contributed by atoms with van der Waals surface area (Å²) in [7, 11) is 0. The third kappa shape index (κ3) is 4.00. The maximum Gasteiger partial charge on any atom is 0.417 e. The Kier molecular flexibility index (Phi) is 4.31. The molecule has 0 heterocycles. The van der Waals surface area contributed by atoms with Gasteiger partial charge in [0, 0.05) is 4.47 Å². The molecule has 1 aromatic rings. The lowest BCUT2D eigenvalue weighted by atomic mass is 10.0. The highest BCUT2D eigenvalue weighted by atomic mass is 79.9. The Bertz CT molecular complexity index is 544. The quantitative estimate of drug-likeness (QED) is 0.823. The molecule has 0 aliphatic heterocycles. The first-order valence-electron chi connectivity index (χ1n) is 5.24. The minimum atomic E-state index is -4.61. The van der Waals surface area contributed by atoms with Crippen LogP contribution in [-0.2, 0) is 6.18 Å². The zero-order valence-electron chi connectivity index (χ0n) is 10.2. The lowest BCUT2D eigenvalue weighted by Crippen LogP contribution is -2.42. The molecule has 0 saturated heterocycles. The predicted octanol–water partition coefficient (Wildman–Crippen LogP) is 3.61. The van der Waals surface area contributed by atoms with Crippen LogP contribution in [0.2, 0.25) is 0 Å². The highest BCUT2D eigenvalue weighted by Gasteiger charge is 2.36. The van der Waals surface area contributed by atoms with Crippen molar-refractivity contribution >= 4 is 21.8 Å². The minimum Gasteiger partial charge on any atom is -0.336 e. The lowest BCUT2D eigenvalue weighted by molar-refractivity contribution is -0.138. The van der Waals surface area contributed by atoms with Crippen molar-refractivity contribution < 1.29 is 18.0 Å². The molecule has 19 heavy (non-hydrogen) atoms. The van der Waals surface area contributed by atoms with E-state index in [2.05, 4.69) is 27.2 Å². The van der Waals surface area contributed by atoms with Gasteiger partial charge in [0.05, 0.1) is 16.7 Å². The molecule has 0 atom stereocenters. The van der Waals surface area contributed by atoms with Gasteiger partial charge in [-0.3, -0.25) is 4.79 Å². The Labute approximate surface area is 117 Å². The molecule has 2 nitrogen and oxygen atoms in total. The first-order valence-corrected chi connectivity index (χ1v) is 6.03. The molecule has 0 radical (unpaired) electrons. The monoisotopic (exact) mass is 333 g/mol. The number of hydrogen-bond acceptors (Lipinski definition) is 1. The summed E-state index contributed by atoms with van der Waals surface area (Å²) in [5, 5.41) is 2.36. The number of nitrogens with one attached hydrogen (secondary N) is 1. The number of alkyl halides is 3. The van der Waals surface area contributed by atoms with Crippen LogP contribution in [0.4, 0.5) is 13.2 Å². The number of rotatable bonds is 2. The fourth-order valence-electron chi connectivity index (χ4n) is 1.34. The molecule has 0 saturated carbocycles. The van der Waals surface area contributed by atoms with E-state index in [9.17, 15) is 18.0 Å². The van der Waals surface area contributed by atoms with Gasteiger partial charge in [-0.25, -0.2) is 0 Å². The maximum atomic E-state index is 12.9. The Morgan fingerprint density at radius 1 is 1.37 bits per heavy atom. The molecule has 0 spiro atoms. The van der Waals surface area contributed by atoms with Crippen molar-refractivity contribution in [1.29, 1.82) is 0 Å². The van der Waals surface area contributed by atoms with Crippen LogP contribution < -0.4 is 5.32 Å². The van der Waals surface area contributed by atoms with Crippen LogP contribution in [0.15, 0.2) is 22.7 Å². The molecule has 1 rings (SSSR count). The van der Waals surface area contributed by atoms with Crippen molar-refractivity contribution in [2.75, 3.05) is 0 Å². The zero-order valence-corrected chi connectivity index (χ0v) is 11.8. The Balaban J connectivity index is 3.22. The summed E-state index contributed by atoms with van der Waals surface area (Å²) in [5.74, 6) is 1.43. The van der Waals surface area contributed by atoms with Crippen molar-refractivity contribution in [3.8, 4) is 12.3 Å². The Hall–Kier alpha value is -1.48. The number of benzene rings is 1. The molecule has 102 valence electrons. The first-order chi connectivity index (χ1) is 8.57. The first kappa shape index (κ1) is 15.6. The molecule has 0 aliphatic rings. The third-order valence-electron chi connectivity index (χ3n) is 2.32. The van der Waals surface area contributed by atoms with E-state index in [1.54, 1.807) is 0 Å². The number of carbonyl (C=O) groups is 1. The van der Waals surface area contributed by atoms with Crippen LogP contribution >= 0.6 is 15.9 Å². The van der Waals surface area contributed by atoms with Gasteiger partial charge in [0.1, 0.15) is 0 Å². The van der Waals surface area contributed by atoms with Crippen LogP contribution in [0.3, 0.4) is 0 Å². The molecule has 1 aromatic carbocycles. The van der Waals surface area contributed by atoms with E-state index in [1.807, 2.05) is 0 Å². The molecular formula is C13H11BrF3NO. The molecule has 0 aliphatic carbocycles. The van der Waals surface area contributed by atoms with E-state index in [0.717, 1.165) is 12.1 Å². The molecule has 0 aromatic heterocycles. The van der Waals surface area contributed by atoms with Crippen LogP contribution in [0.25, 0.3) is 0 Å². The normalized spacial score (nSPS) is 11.8. The summed E-state index contributed by atoms with van der Waals surface area (Å²) >= 11 is 2.95. The third-order valence-corrected chi connectivity index (χ3v) is 2.81. The zero-order chi connectivity index (χ0) is 14.8. The molecule has 1 amide bonds. The van der Waals surface area contributed by atoms with Gasteiger partial charge in [-0.15, -0.1) is 6.42 Å². The average molecular weight is 334 g/mol. The van der Waals surface area contributed by atoms with Crippen LogP contribution in [0.1, 0.15) is 29.8 Å². The number of terminal acetylenes is 1. The van der Waals surface area contributed by atoms with E-state index in [-0.39, 0.29) is 4.47 Å². The fraction of sp³-hybridized carbons (Fsp3) is 0.308. The number of amides is 1. The second-order valence-corrected chi connectivity index (χ2v) is 5.33. The van der Waals surface area contributed by atoms with Gasteiger partial charge in [0.25, 0.3) is 5.91 Å². The van der Waals surface area contributed by atoms with E-state index in [0.29, 0.717) is 0 Å². The van der Waals surface area contributed by atoms with Gasteiger partial charge < -0.3 is 5.32 Å². The van der Waals surface area contributed by atoms with E-state index >= 15 is 0 Å². The highest BCUT2D eigenvalue weighted by Crippen LogP contribution is 2.34. The summed E-state index contributed by atoms with van der Waals surface area (Å²) < 4.78 is 38.8. The maximum absolute atomic E-state index is 12.9. The standard InChI is InChI=1S/C13H11BrF3NO/c1-4-12(2,3)18-11(19)9-6-5-8(14)7-10(9)13(15,16)17/h1,5-7H,2-3H3,(H,18,19). The van der Waals surface area contributed by atoms with Gasteiger partial charge >= 0.3 is 6.18 Å². The van der Waals surface area contributed by atoms with E-state index < -0.39 is 28.7 Å². The predicted molar refractivity (Wildman–Crippen MR) is 69.5 cm³/mol. The summed E-state index contributed by atoms with van der Waals surface area (Å²) in [6, 6.07) is 3.33. The number of hydrogen-bond donors (Lipinski definition) is 1. The van der Waals surface area contributed by atoms with Crippen molar-refractivity contribution in [1.82, 2.24) is 5.32 Å². The fourth-order valence-corrected chi connectivity index (χ4v) is 1.70. The Morgan fingerprint density at radius 2 is 1.95 bits per heavy atom. The second-order valence-electron chi connectivity index (χ2n) is 4.41. The average Bonchev–Trinajstić information content (AvgIpc) is 2.27. The van der Waals surface area contributed by atoms with Crippen molar-refractivity contribution in [3.63, 3.8) is 0 Å². The second kappa shape index (κ2) is 5.25. The van der Waals surface area contributed by atoms with Crippen LogP contribution in [0.5, 0.6) is 0 Å². The smallest absolute Gasteiger partial charge is 0.336 e. The summed E-state index contributed by atoms with van der Waals surface area (Å²) in [5.41, 5.74) is -2.49. The minimum absolute atomic E-state index is 0.243. The van der Waals surface area contributed by atoms with Gasteiger partial charge in [-0.05, 0) is 32.0 Å². The Morgan fingerprint density at radius 3 is 2.42 bits per heavy atom. The molecule has 1 N–H and O–H groups in total. The van der Waals surface area contributed by atoms with Crippen molar-refractivity contribution in [2.24, 2.45) is 0 Å². The van der Waals surface area contributed by atoms with Gasteiger partial charge in [0.2, 0.25) is 0 Å². The van der Waals surface area contributed by atoms with E-state index in [4.69, 9.17) is 6.42 Å². The van der Waals surface area contributed by atoms with E-state index in [1.165, 1.54) is 19.9 Å². The van der Waals surface area contributed by atoms with Crippen LogP contribution in [0, 0.1) is 12.3 Å². The van der Waals surface area contributed by atoms with Crippen molar-refractivity contribution in [3.05, 3.63) is 33.8 Å². The molecule has 0 bridgehead atoms. The summed E-state index contributed by atoms with van der Waals surface area (Å²) in [4.78, 5) is 11.9. The number of halogens is 4.